The SMILES string of the molecule is O=C1OC2(c3ccc(OC4O[C@H](C(=O)O)[C@@H](O)[C@H](O)[C@H]4O)cc3Oc3cc(OC4O[C@H](C(=O)O)[C@@H](O)[C@H](O)[C@H]4O)ccc32)c2ccccc21.O=C1OC2(c3ccc(OC4O[C@H](CO)[C@H](O)[C@H](O)[C@H]4O)cc3Oc3cc(OC4O[C@H](CO)[C@H](O)[C@H](O)[C@H]4O)ccc32)c2ccccc21. The Bertz CT molecular complexity index is 3810. The smallest absolute Gasteiger partial charge is 0.340 e. The zero-order chi connectivity index (χ0) is 68.1. The molecule has 32 heteroatoms. The molecule has 0 saturated carbocycles. The van der Waals surface area contributed by atoms with E-state index in [9.17, 15) is 101 Å². The topological polar surface area (TPSA) is 503 Å². The maximum absolute atomic E-state index is 13.2. The third kappa shape index (κ3) is 10.9. The molecule has 508 valence electrons. The van der Waals surface area contributed by atoms with Gasteiger partial charge >= 0.3 is 23.9 Å². The van der Waals surface area contributed by atoms with Gasteiger partial charge in [-0.2, -0.15) is 0 Å². The van der Waals surface area contributed by atoms with Crippen molar-refractivity contribution in [3.8, 4) is 46.0 Å². The van der Waals surface area contributed by atoms with E-state index in [1.165, 1.54) is 60.7 Å². The summed E-state index contributed by atoms with van der Waals surface area (Å²) in [6.07, 6.45) is -33.9. The minimum absolute atomic E-state index is 0.0470. The van der Waals surface area contributed by atoms with Gasteiger partial charge in [-0.1, -0.05) is 36.4 Å². The summed E-state index contributed by atoms with van der Waals surface area (Å²) in [4.78, 5) is 49.5. The highest BCUT2D eigenvalue weighted by Crippen LogP contribution is 2.59. The molecule has 14 rings (SSSR count). The van der Waals surface area contributed by atoms with Gasteiger partial charge in [-0.3, -0.25) is 0 Å². The van der Waals surface area contributed by atoms with E-state index in [-0.39, 0.29) is 51.6 Å². The van der Waals surface area contributed by atoms with Crippen molar-refractivity contribution in [2.45, 2.75) is 134 Å². The van der Waals surface area contributed by atoms with Crippen molar-refractivity contribution in [1.82, 2.24) is 0 Å². The molecule has 0 bridgehead atoms. The molecule has 20 atom stereocenters. The second kappa shape index (κ2) is 25.4. The number of rotatable bonds is 12. The van der Waals surface area contributed by atoms with Crippen molar-refractivity contribution < 1.29 is 158 Å². The second-order valence-electron chi connectivity index (χ2n) is 23.4. The molecule has 0 radical (unpaired) electrons. The number of hydrogen-bond acceptors (Lipinski definition) is 30. The zero-order valence-electron chi connectivity index (χ0n) is 49.2. The normalized spacial score (nSPS) is 35.1. The van der Waals surface area contributed by atoms with Gasteiger partial charge < -0.3 is 139 Å². The third-order valence-corrected chi connectivity index (χ3v) is 17.6. The molecule has 8 heterocycles. The summed E-state index contributed by atoms with van der Waals surface area (Å²) in [6.45, 7) is -1.29. The quantitative estimate of drug-likeness (QED) is 0.0559. The molecule has 0 aromatic heterocycles. The number of hydrogen-bond donors (Lipinski definition) is 16. The maximum atomic E-state index is 13.2. The molecular formula is C64H60O32. The first kappa shape index (κ1) is 65.9. The average molecular weight is 1340 g/mol. The maximum Gasteiger partial charge on any atom is 0.340 e. The van der Waals surface area contributed by atoms with Crippen molar-refractivity contribution in [3.63, 3.8) is 0 Å². The number of fused-ring (bicyclic) bond motifs is 12. The molecule has 8 aliphatic rings. The molecular weight excluding hydrogens is 1280 g/mol. The van der Waals surface area contributed by atoms with E-state index in [1.807, 2.05) is 0 Å². The molecule has 4 fully saturated rings. The monoisotopic (exact) mass is 1340 g/mol. The van der Waals surface area contributed by atoms with E-state index < -0.39 is 171 Å². The molecule has 0 aliphatic carbocycles. The minimum atomic E-state index is -1.94. The molecule has 4 unspecified atom stereocenters. The van der Waals surface area contributed by atoms with Gasteiger partial charge in [0.05, 0.1) is 24.3 Å². The van der Waals surface area contributed by atoms with Gasteiger partial charge in [-0.25, -0.2) is 19.2 Å². The number of ether oxygens (including phenoxy) is 12. The number of benzene rings is 6. The lowest BCUT2D eigenvalue weighted by atomic mass is 9.77. The van der Waals surface area contributed by atoms with Crippen LogP contribution >= 0.6 is 0 Å². The number of aliphatic hydroxyl groups is 14. The molecule has 2 spiro atoms. The largest absolute Gasteiger partial charge is 0.479 e. The summed E-state index contributed by atoms with van der Waals surface area (Å²) >= 11 is 0. The van der Waals surface area contributed by atoms with Crippen molar-refractivity contribution in [2.75, 3.05) is 13.2 Å². The van der Waals surface area contributed by atoms with Crippen LogP contribution in [-0.2, 0) is 49.2 Å². The van der Waals surface area contributed by atoms with Crippen LogP contribution in [0.1, 0.15) is 54.1 Å². The van der Waals surface area contributed by atoms with Crippen molar-refractivity contribution in [2.24, 2.45) is 0 Å². The predicted molar refractivity (Wildman–Crippen MR) is 308 cm³/mol. The van der Waals surface area contributed by atoms with Crippen LogP contribution in [0.3, 0.4) is 0 Å². The number of aliphatic carboxylic acids is 2. The number of aliphatic hydroxyl groups excluding tert-OH is 14. The lowest BCUT2D eigenvalue weighted by molar-refractivity contribution is -0.277. The Labute approximate surface area is 539 Å². The first-order chi connectivity index (χ1) is 45.9. The van der Waals surface area contributed by atoms with E-state index in [4.69, 9.17) is 56.8 Å². The number of esters is 2. The molecule has 8 aliphatic heterocycles. The van der Waals surface area contributed by atoms with Crippen molar-refractivity contribution in [3.05, 3.63) is 166 Å². The van der Waals surface area contributed by atoms with Gasteiger partial charge in [-0.05, 0) is 60.7 Å². The second-order valence-corrected chi connectivity index (χ2v) is 23.4. The standard InChI is InChI=1S/C32H28O17.C32H32O15/c33-19-21(35)25(27(39)40)47-30(23(19)37)44-11-5-7-15-17(9-11)46-18-10-12(45-31-24(38)20(34)22(36)26(48-31)28(41)42)6-8-16(18)32(15)14-4-2-1-3-13(14)29(43)49-32;33-11-21-23(35)25(37)27(39)30(45-21)42-13-5-7-17-19(9-13)44-20-10-14(43-31-28(40)26(38)24(36)22(12-34)46-31)6-8-18(20)32(17)16-4-2-1-3-15(16)29(41)47-32/h1-10,19-26,30-31,33-38H,(H,39,40)(H,41,42);1-10,21-28,30-31,33-40H,11-12H2/t19-,20-,21-,22-,23+,24+,25-,26-,30?,31?,32?;21-,22-,23+,24+,25+,26+,27-,28-,30?,31?,32?/m01/s1. The van der Waals surface area contributed by atoms with Crippen molar-refractivity contribution in [1.29, 1.82) is 0 Å². The molecule has 16 N–H and O–H groups in total. The lowest BCUT2D eigenvalue weighted by Gasteiger charge is -2.40. The van der Waals surface area contributed by atoms with Gasteiger partial charge in [-0.15, -0.1) is 0 Å². The van der Waals surface area contributed by atoms with Crippen LogP contribution in [0.15, 0.2) is 121 Å². The fourth-order valence-electron chi connectivity index (χ4n) is 12.7. The predicted octanol–water partition coefficient (Wildman–Crippen LogP) is -2.59. The molecule has 32 nitrogen and oxygen atoms in total. The van der Waals surface area contributed by atoms with Gasteiger partial charge in [0, 0.05) is 57.6 Å². The first-order valence-electron chi connectivity index (χ1n) is 29.6. The first-order valence-corrected chi connectivity index (χ1v) is 29.6. The molecule has 0 amide bonds. The molecule has 6 aromatic rings. The van der Waals surface area contributed by atoms with E-state index >= 15 is 0 Å². The fraction of sp³-hybridized carbons (Fsp3) is 0.375. The number of carboxylic acids is 2. The number of carbonyl (C=O) groups is 4. The minimum Gasteiger partial charge on any atom is -0.479 e. The highest BCUT2D eigenvalue weighted by molar-refractivity contribution is 5.98. The van der Waals surface area contributed by atoms with Crippen molar-refractivity contribution >= 4 is 23.9 Å². The zero-order valence-corrected chi connectivity index (χ0v) is 49.2. The highest BCUT2D eigenvalue weighted by atomic mass is 16.7. The summed E-state index contributed by atoms with van der Waals surface area (Å²) in [5, 5.41) is 161. The van der Waals surface area contributed by atoms with Crippen LogP contribution in [0, 0.1) is 0 Å². The molecule has 6 aromatic carbocycles. The van der Waals surface area contributed by atoms with Crippen LogP contribution in [0.25, 0.3) is 0 Å². The summed E-state index contributed by atoms with van der Waals surface area (Å²) in [7, 11) is 0. The third-order valence-electron chi connectivity index (χ3n) is 17.6. The van der Waals surface area contributed by atoms with Gasteiger partial charge in [0.1, 0.15) is 131 Å². The van der Waals surface area contributed by atoms with Crippen LogP contribution in [-0.4, -0.2) is 242 Å². The van der Waals surface area contributed by atoms with Crippen LogP contribution in [0.5, 0.6) is 46.0 Å². The molecule has 4 saturated heterocycles. The van der Waals surface area contributed by atoms with Crippen LogP contribution in [0.4, 0.5) is 0 Å². The fourth-order valence-corrected chi connectivity index (χ4v) is 12.7. The summed E-state index contributed by atoms with van der Waals surface area (Å²) in [5.74, 6) is -3.93. The van der Waals surface area contributed by atoms with E-state index in [0.717, 1.165) is 0 Å². The van der Waals surface area contributed by atoms with Crippen LogP contribution < -0.4 is 28.4 Å². The van der Waals surface area contributed by atoms with E-state index in [0.29, 0.717) is 38.9 Å². The summed E-state index contributed by atoms with van der Waals surface area (Å²) in [6, 6.07) is 31.1. The Balaban J connectivity index is 0.000000174. The Morgan fingerprint density at radius 3 is 0.927 bits per heavy atom. The Kier molecular flexibility index (Phi) is 17.4. The Morgan fingerprint density at radius 2 is 0.635 bits per heavy atom. The highest BCUT2D eigenvalue weighted by Gasteiger charge is 2.57. The lowest BCUT2D eigenvalue weighted by Crippen LogP contribution is -2.61. The number of carbonyl (C=O) groups excluding carboxylic acids is 2. The Hall–Kier alpha value is -8.72. The van der Waals surface area contributed by atoms with Crippen LogP contribution in [0.2, 0.25) is 0 Å². The summed E-state index contributed by atoms with van der Waals surface area (Å²) < 4.78 is 69.1. The van der Waals surface area contributed by atoms with E-state index in [2.05, 4.69) is 0 Å². The summed E-state index contributed by atoms with van der Waals surface area (Å²) in [5.41, 5.74) is 0.00626. The van der Waals surface area contributed by atoms with Gasteiger partial charge in [0.2, 0.25) is 25.2 Å². The molecule has 96 heavy (non-hydrogen) atoms. The average Bonchev–Trinajstić information content (AvgIpc) is 1.43. The number of carboxylic acid groups (broad SMARTS) is 2. The van der Waals surface area contributed by atoms with E-state index in [1.54, 1.807) is 60.7 Å². The Morgan fingerprint density at radius 1 is 0.354 bits per heavy atom. The van der Waals surface area contributed by atoms with Gasteiger partial charge in [0.15, 0.2) is 23.4 Å². The van der Waals surface area contributed by atoms with Gasteiger partial charge in [0.25, 0.3) is 0 Å².